The van der Waals surface area contributed by atoms with Gasteiger partial charge in [-0.1, -0.05) is 0 Å². The van der Waals surface area contributed by atoms with Crippen LogP contribution in [-0.4, -0.2) is 38.6 Å². The molecule has 0 saturated carbocycles. The van der Waals surface area contributed by atoms with Crippen molar-refractivity contribution in [3.05, 3.63) is 32.1 Å². The van der Waals surface area contributed by atoms with Crippen LogP contribution in [0.15, 0.2) is 9.59 Å². The summed E-state index contributed by atoms with van der Waals surface area (Å²) in [6, 6.07) is -0.698. The van der Waals surface area contributed by atoms with E-state index in [0.29, 0.717) is 0 Å². The van der Waals surface area contributed by atoms with Crippen LogP contribution in [0.3, 0.4) is 0 Å². The van der Waals surface area contributed by atoms with Crippen LogP contribution in [0, 0.1) is 0 Å². The molecule has 1 unspecified atom stereocenters. The molecule has 1 aromatic heterocycles. The van der Waals surface area contributed by atoms with E-state index in [4.69, 9.17) is 10.5 Å². The summed E-state index contributed by atoms with van der Waals surface area (Å²) in [5, 5.41) is 0. The largest absolute Gasteiger partial charge is 0.444 e. The van der Waals surface area contributed by atoms with Crippen molar-refractivity contribution in [3.63, 3.8) is 0 Å². The predicted molar refractivity (Wildman–Crippen MR) is 81.2 cm³/mol. The van der Waals surface area contributed by atoms with Crippen molar-refractivity contribution in [2.24, 2.45) is 5.73 Å². The fraction of sp³-hybridized carbons (Fsp3) is 0.571. The zero-order chi connectivity index (χ0) is 17.5. The Kier molecular flexibility index (Phi) is 4.06. The molecule has 0 saturated heterocycles. The molecule has 1 aliphatic heterocycles. The van der Waals surface area contributed by atoms with Crippen LogP contribution < -0.4 is 17.0 Å². The average Bonchev–Trinajstić information content (AvgIpc) is 2.37. The number of nitrogens with two attached hydrogens (primary N) is 1. The van der Waals surface area contributed by atoms with Gasteiger partial charge in [0.25, 0.3) is 11.5 Å². The molecule has 2 amide bonds. The number of carbonyl (C=O) groups excluding carboxylic acids is 2. The molecular formula is C14H20N4O5. The maximum absolute atomic E-state index is 12.3. The fourth-order valence-electron chi connectivity index (χ4n) is 2.60. The zero-order valence-electron chi connectivity index (χ0n) is 13.5. The topological polar surface area (TPSA) is 127 Å². The van der Waals surface area contributed by atoms with Gasteiger partial charge in [0.1, 0.15) is 11.2 Å². The van der Waals surface area contributed by atoms with E-state index in [1.807, 2.05) is 0 Å². The Balaban J connectivity index is 2.53. The Morgan fingerprint density at radius 1 is 1.26 bits per heavy atom. The summed E-state index contributed by atoms with van der Waals surface area (Å²) < 4.78 is 6.58. The second-order valence-electron chi connectivity index (χ2n) is 6.39. The van der Waals surface area contributed by atoms with Crippen molar-refractivity contribution in [2.45, 2.75) is 45.9 Å². The van der Waals surface area contributed by atoms with E-state index in [0.717, 1.165) is 0 Å². The number of primary amides is 1. The standard InChI is InChI=1S/C14H20N4O5/c1-7-9-8(10(15)19)11(20)16-12(21)18(9)6-5-17(7)13(22)23-14(2,3)4/h7H,5-6H2,1-4H3,(H2,15,19)(H,16,20,21). The summed E-state index contributed by atoms with van der Waals surface area (Å²) in [6.45, 7) is 7.16. The fourth-order valence-corrected chi connectivity index (χ4v) is 2.60. The van der Waals surface area contributed by atoms with E-state index in [1.165, 1.54) is 9.47 Å². The number of hydrogen-bond donors (Lipinski definition) is 2. The van der Waals surface area contributed by atoms with Gasteiger partial charge in [-0.25, -0.2) is 9.59 Å². The van der Waals surface area contributed by atoms with Crippen molar-refractivity contribution >= 4 is 12.0 Å². The van der Waals surface area contributed by atoms with E-state index in [9.17, 15) is 19.2 Å². The SMILES string of the molecule is CC1c2c(C(N)=O)c(=O)[nH]c(=O)n2CCN1C(=O)OC(C)(C)C. The van der Waals surface area contributed by atoms with Crippen LogP contribution in [0.2, 0.25) is 0 Å². The number of aromatic amines is 1. The average molecular weight is 324 g/mol. The highest BCUT2D eigenvalue weighted by molar-refractivity contribution is 5.93. The van der Waals surface area contributed by atoms with E-state index in [2.05, 4.69) is 4.98 Å². The smallest absolute Gasteiger partial charge is 0.410 e. The van der Waals surface area contributed by atoms with Gasteiger partial charge in [-0.2, -0.15) is 0 Å². The number of H-pyrrole nitrogens is 1. The minimum atomic E-state index is -0.951. The van der Waals surface area contributed by atoms with Gasteiger partial charge < -0.3 is 10.5 Å². The van der Waals surface area contributed by atoms with Crippen molar-refractivity contribution in [3.8, 4) is 0 Å². The predicted octanol–water partition coefficient (Wildman–Crippen LogP) is -0.0528. The molecule has 0 aliphatic carbocycles. The van der Waals surface area contributed by atoms with Crippen LogP contribution >= 0.6 is 0 Å². The maximum atomic E-state index is 12.3. The van der Waals surface area contributed by atoms with Gasteiger partial charge in [0.15, 0.2) is 0 Å². The lowest BCUT2D eigenvalue weighted by Gasteiger charge is -2.37. The number of fused-ring (bicyclic) bond motifs is 1. The van der Waals surface area contributed by atoms with Crippen LogP contribution in [0.5, 0.6) is 0 Å². The minimum absolute atomic E-state index is 0.128. The Labute approximate surface area is 132 Å². The monoisotopic (exact) mass is 324 g/mol. The van der Waals surface area contributed by atoms with Crippen molar-refractivity contribution in [1.29, 1.82) is 0 Å². The number of nitrogens with zero attached hydrogens (tertiary/aromatic N) is 2. The lowest BCUT2D eigenvalue weighted by atomic mass is 10.0. The van der Waals surface area contributed by atoms with E-state index in [-0.39, 0.29) is 24.3 Å². The van der Waals surface area contributed by atoms with E-state index in [1.54, 1.807) is 27.7 Å². The molecule has 1 aliphatic rings. The molecule has 23 heavy (non-hydrogen) atoms. The summed E-state index contributed by atoms with van der Waals surface area (Å²) in [5.74, 6) is -0.951. The third-order valence-electron chi connectivity index (χ3n) is 3.54. The molecule has 0 aromatic carbocycles. The van der Waals surface area contributed by atoms with Gasteiger partial charge in [-0.15, -0.1) is 0 Å². The first-order valence-electron chi connectivity index (χ1n) is 7.19. The highest BCUT2D eigenvalue weighted by Gasteiger charge is 2.35. The highest BCUT2D eigenvalue weighted by Crippen LogP contribution is 2.26. The quantitative estimate of drug-likeness (QED) is 0.748. The molecule has 3 N–H and O–H groups in total. The number of rotatable bonds is 1. The molecule has 1 atom stereocenters. The number of aromatic nitrogens is 2. The summed E-state index contributed by atoms with van der Waals surface area (Å²) in [4.78, 5) is 51.2. The lowest BCUT2D eigenvalue weighted by Crippen LogP contribution is -2.50. The summed E-state index contributed by atoms with van der Waals surface area (Å²) in [6.07, 6.45) is -0.584. The molecule has 2 heterocycles. The molecule has 0 fully saturated rings. The molecule has 9 heteroatoms. The van der Waals surface area contributed by atoms with Crippen LogP contribution in [0.4, 0.5) is 4.79 Å². The Bertz CT molecular complexity index is 771. The number of amides is 2. The third-order valence-corrected chi connectivity index (χ3v) is 3.54. The lowest BCUT2D eigenvalue weighted by molar-refractivity contribution is 0.0120. The molecule has 0 spiro atoms. The van der Waals surface area contributed by atoms with Crippen LogP contribution in [0.25, 0.3) is 0 Å². The summed E-state index contributed by atoms with van der Waals surface area (Å²) in [5.41, 5.74) is 2.90. The van der Waals surface area contributed by atoms with Crippen LogP contribution in [-0.2, 0) is 11.3 Å². The first-order chi connectivity index (χ1) is 10.5. The summed E-state index contributed by atoms with van der Waals surface area (Å²) in [7, 11) is 0. The number of ether oxygens (including phenoxy) is 1. The highest BCUT2D eigenvalue weighted by atomic mass is 16.6. The molecular weight excluding hydrogens is 304 g/mol. The van der Waals surface area contributed by atoms with Crippen molar-refractivity contribution < 1.29 is 14.3 Å². The Morgan fingerprint density at radius 2 is 1.87 bits per heavy atom. The third kappa shape index (κ3) is 3.13. The zero-order valence-corrected chi connectivity index (χ0v) is 13.5. The first kappa shape index (κ1) is 16.8. The maximum Gasteiger partial charge on any atom is 0.410 e. The normalized spacial score (nSPS) is 17.6. The molecule has 0 radical (unpaired) electrons. The number of carbonyl (C=O) groups is 2. The van der Waals surface area contributed by atoms with Gasteiger partial charge in [0, 0.05) is 13.1 Å². The Hall–Kier alpha value is -2.58. The summed E-state index contributed by atoms with van der Waals surface area (Å²) >= 11 is 0. The Morgan fingerprint density at radius 3 is 2.39 bits per heavy atom. The molecule has 0 bridgehead atoms. The van der Waals surface area contributed by atoms with Gasteiger partial charge in [-0.05, 0) is 27.7 Å². The molecule has 126 valence electrons. The second-order valence-corrected chi connectivity index (χ2v) is 6.39. The van der Waals surface area contributed by atoms with E-state index < -0.39 is 34.9 Å². The minimum Gasteiger partial charge on any atom is -0.444 e. The van der Waals surface area contributed by atoms with Crippen LogP contribution in [0.1, 0.15) is 49.8 Å². The van der Waals surface area contributed by atoms with E-state index >= 15 is 0 Å². The first-order valence-corrected chi connectivity index (χ1v) is 7.19. The molecule has 2 rings (SSSR count). The van der Waals surface area contributed by atoms with Gasteiger partial charge >= 0.3 is 11.8 Å². The van der Waals surface area contributed by atoms with Gasteiger partial charge in [-0.3, -0.25) is 24.0 Å². The number of nitrogens with one attached hydrogen (secondary N) is 1. The molecule has 9 nitrogen and oxygen atoms in total. The van der Waals surface area contributed by atoms with Gasteiger partial charge in [0.2, 0.25) is 0 Å². The van der Waals surface area contributed by atoms with Gasteiger partial charge in [0.05, 0.1) is 11.7 Å². The van der Waals surface area contributed by atoms with Crippen molar-refractivity contribution in [1.82, 2.24) is 14.5 Å². The van der Waals surface area contributed by atoms with Crippen molar-refractivity contribution in [2.75, 3.05) is 6.54 Å². The molecule has 1 aromatic rings. The second kappa shape index (κ2) is 5.56. The number of hydrogen-bond acceptors (Lipinski definition) is 5.